The molecule has 0 saturated carbocycles. The van der Waals surface area contributed by atoms with Gasteiger partial charge in [0, 0.05) is 0 Å². The van der Waals surface area contributed by atoms with E-state index in [1.807, 2.05) is 0 Å². The van der Waals surface area contributed by atoms with Crippen LogP contribution in [0.2, 0.25) is 0 Å². The maximum Gasteiger partial charge on any atom is 0.327 e. The molecule has 0 bridgehead atoms. The lowest BCUT2D eigenvalue weighted by Gasteiger charge is -1.86. The zero-order valence-electron chi connectivity index (χ0n) is 4.39. The SMILES string of the molecule is CCCCOP=O. The summed E-state index contributed by atoms with van der Waals surface area (Å²) in [5.41, 5.74) is 0. The van der Waals surface area contributed by atoms with Crippen molar-refractivity contribution in [3.05, 3.63) is 0 Å². The summed E-state index contributed by atoms with van der Waals surface area (Å²) in [5, 5.41) is 0. The fourth-order valence-corrected chi connectivity index (χ4v) is 0.450. The first-order chi connectivity index (χ1) is 3.41. The summed E-state index contributed by atoms with van der Waals surface area (Å²) < 4.78 is 14.0. The van der Waals surface area contributed by atoms with Crippen molar-refractivity contribution in [2.75, 3.05) is 6.61 Å². The lowest BCUT2D eigenvalue weighted by molar-refractivity contribution is 0.334. The third kappa shape index (κ3) is 6.06. The average Bonchev–Trinajstić information content (AvgIpc) is 1.69. The minimum absolute atomic E-state index is 0.195. The molecule has 0 aromatic heterocycles. The van der Waals surface area contributed by atoms with Crippen LogP contribution in [0.3, 0.4) is 0 Å². The van der Waals surface area contributed by atoms with Crippen molar-refractivity contribution in [1.82, 2.24) is 0 Å². The molecule has 0 saturated heterocycles. The molecule has 0 heterocycles. The summed E-state index contributed by atoms with van der Waals surface area (Å²) >= 11 is 0. The molecule has 0 fully saturated rings. The molecular weight excluding hydrogens is 111 g/mol. The predicted octanol–water partition coefficient (Wildman–Crippen LogP) is 2.01. The maximum absolute atomic E-state index is 9.55. The standard InChI is InChI=1S/C4H9O2P/c1-2-3-4-6-7-5/h2-4H2,1H3. The minimum Gasteiger partial charge on any atom is -0.294 e. The third-order valence-electron chi connectivity index (χ3n) is 0.642. The van der Waals surface area contributed by atoms with Crippen LogP contribution in [-0.2, 0) is 9.09 Å². The van der Waals surface area contributed by atoms with Crippen LogP contribution < -0.4 is 0 Å². The highest BCUT2D eigenvalue weighted by Gasteiger charge is 1.80. The van der Waals surface area contributed by atoms with E-state index in [1.54, 1.807) is 0 Å². The van der Waals surface area contributed by atoms with Crippen molar-refractivity contribution in [1.29, 1.82) is 0 Å². The van der Waals surface area contributed by atoms with E-state index >= 15 is 0 Å². The van der Waals surface area contributed by atoms with Crippen LogP contribution in [0.25, 0.3) is 0 Å². The molecule has 0 aromatic rings. The van der Waals surface area contributed by atoms with Crippen molar-refractivity contribution in [2.45, 2.75) is 19.8 Å². The monoisotopic (exact) mass is 120 g/mol. The third-order valence-corrected chi connectivity index (χ3v) is 0.930. The zero-order valence-corrected chi connectivity index (χ0v) is 5.28. The van der Waals surface area contributed by atoms with Gasteiger partial charge in [-0.1, -0.05) is 13.3 Å². The van der Waals surface area contributed by atoms with E-state index in [2.05, 4.69) is 11.4 Å². The molecule has 2 nitrogen and oxygen atoms in total. The molecule has 0 N–H and O–H groups in total. The second-order valence-electron chi connectivity index (χ2n) is 1.26. The van der Waals surface area contributed by atoms with E-state index in [-0.39, 0.29) is 8.69 Å². The Bertz CT molecular complexity index is 47.0. The van der Waals surface area contributed by atoms with Gasteiger partial charge >= 0.3 is 8.69 Å². The van der Waals surface area contributed by atoms with Crippen LogP contribution in [0.4, 0.5) is 0 Å². The molecule has 0 unspecified atom stereocenters. The molecule has 0 aliphatic heterocycles. The first kappa shape index (κ1) is 7.06. The van der Waals surface area contributed by atoms with Gasteiger partial charge in [-0.15, -0.1) is 0 Å². The number of hydrogen-bond donors (Lipinski definition) is 0. The first-order valence-electron chi connectivity index (χ1n) is 2.36. The summed E-state index contributed by atoms with van der Waals surface area (Å²) in [5.74, 6) is 0. The van der Waals surface area contributed by atoms with Gasteiger partial charge in [-0.3, -0.25) is 4.52 Å². The summed E-state index contributed by atoms with van der Waals surface area (Å²) in [6.07, 6.45) is 2.09. The molecule has 3 heteroatoms. The van der Waals surface area contributed by atoms with Crippen molar-refractivity contribution in [2.24, 2.45) is 0 Å². The summed E-state index contributed by atoms with van der Waals surface area (Å²) in [6, 6.07) is 0. The van der Waals surface area contributed by atoms with E-state index in [0.717, 1.165) is 12.8 Å². The van der Waals surface area contributed by atoms with E-state index < -0.39 is 0 Å². The van der Waals surface area contributed by atoms with Gasteiger partial charge in [0.2, 0.25) is 0 Å². The normalized spacial score (nSPS) is 9.86. The molecule has 0 atom stereocenters. The summed E-state index contributed by atoms with van der Waals surface area (Å²) in [4.78, 5) is 0. The van der Waals surface area contributed by atoms with Gasteiger partial charge in [-0.05, 0) is 6.42 Å². The second-order valence-corrected chi connectivity index (χ2v) is 1.67. The van der Waals surface area contributed by atoms with Crippen LogP contribution in [0, 0.1) is 0 Å². The molecule has 42 valence electrons. The summed E-state index contributed by atoms with van der Waals surface area (Å²) in [7, 11) is -0.195. The Morgan fingerprint density at radius 1 is 1.71 bits per heavy atom. The number of unbranched alkanes of at least 4 members (excludes halogenated alkanes) is 1. The van der Waals surface area contributed by atoms with Gasteiger partial charge in [0.1, 0.15) is 0 Å². The molecular formula is C4H9O2P. The Kier molecular flexibility index (Phi) is 6.11. The topological polar surface area (TPSA) is 26.3 Å². The fraction of sp³-hybridized carbons (Fsp3) is 1.00. The Morgan fingerprint density at radius 3 is 2.86 bits per heavy atom. The van der Waals surface area contributed by atoms with Crippen LogP contribution in [-0.4, -0.2) is 6.61 Å². The lowest BCUT2D eigenvalue weighted by atomic mass is 10.4. The van der Waals surface area contributed by atoms with Crippen molar-refractivity contribution in [3.63, 3.8) is 0 Å². The quantitative estimate of drug-likeness (QED) is 0.419. The maximum atomic E-state index is 9.55. The van der Waals surface area contributed by atoms with Gasteiger partial charge in [0.05, 0.1) is 6.61 Å². The van der Waals surface area contributed by atoms with Crippen LogP contribution in [0.1, 0.15) is 19.8 Å². The van der Waals surface area contributed by atoms with E-state index in [1.165, 1.54) is 0 Å². The van der Waals surface area contributed by atoms with Gasteiger partial charge < -0.3 is 0 Å². The first-order valence-corrected chi connectivity index (χ1v) is 3.09. The predicted molar refractivity (Wildman–Crippen MR) is 28.5 cm³/mol. The highest BCUT2D eigenvalue weighted by atomic mass is 31.1. The van der Waals surface area contributed by atoms with Gasteiger partial charge in [0.15, 0.2) is 0 Å². The average molecular weight is 120 g/mol. The highest BCUT2D eigenvalue weighted by Crippen LogP contribution is 1.96. The zero-order chi connectivity index (χ0) is 5.54. The van der Waals surface area contributed by atoms with Crippen molar-refractivity contribution in [3.8, 4) is 0 Å². The van der Waals surface area contributed by atoms with Crippen molar-refractivity contribution >= 4 is 8.69 Å². The Balaban J connectivity index is 2.56. The smallest absolute Gasteiger partial charge is 0.294 e. The van der Waals surface area contributed by atoms with E-state index in [0.29, 0.717) is 6.61 Å². The molecule has 0 radical (unpaired) electrons. The largest absolute Gasteiger partial charge is 0.327 e. The lowest BCUT2D eigenvalue weighted by Crippen LogP contribution is -1.79. The molecule has 0 spiro atoms. The van der Waals surface area contributed by atoms with Gasteiger partial charge in [-0.2, -0.15) is 0 Å². The van der Waals surface area contributed by atoms with E-state index in [4.69, 9.17) is 0 Å². The molecule has 7 heavy (non-hydrogen) atoms. The van der Waals surface area contributed by atoms with Crippen molar-refractivity contribution < 1.29 is 9.09 Å². The highest BCUT2D eigenvalue weighted by molar-refractivity contribution is 7.17. The molecule has 0 aromatic carbocycles. The molecule has 0 amide bonds. The molecule has 0 rings (SSSR count). The van der Waals surface area contributed by atoms with Crippen LogP contribution in [0.5, 0.6) is 0 Å². The second kappa shape index (κ2) is 6.06. The minimum atomic E-state index is -0.195. The van der Waals surface area contributed by atoms with E-state index in [9.17, 15) is 4.57 Å². The summed E-state index contributed by atoms with van der Waals surface area (Å²) in [6.45, 7) is 2.67. The van der Waals surface area contributed by atoms with Crippen LogP contribution in [0.15, 0.2) is 0 Å². The fourth-order valence-electron chi connectivity index (χ4n) is 0.246. The number of hydrogen-bond acceptors (Lipinski definition) is 2. The Hall–Kier alpha value is 0.0600. The number of rotatable bonds is 4. The van der Waals surface area contributed by atoms with Gasteiger partial charge in [-0.25, -0.2) is 4.57 Å². The molecule has 0 aliphatic carbocycles. The molecule has 0 aliphatic rings. The van der Waals surface area contributed by atoms with Crippen LogP contribution >= 0.6 is 8.69 Å². The Morgan fingerprint density at radius 2 is 2.43 bits per heavy atom. The Labute approximate surface area is 45.2 Å². The van der Waals surface area contributed by atoms with Gasteiger partial charge in [0.25, 0.3) is 0 Å².